The van der Waals surface area contributed by atoms with E-state index in [1.165, 1.54) is 0 Å². The average Bonchev–Trinajstić information content (AvgIpc) is 2.94. The Labute approximate surface area is 213 Å². The normalized spacial score (nSPS) is 20.2. The van der Waals surface area contributed by atoms with Gasteiger partial charge < -0.3 is 14.2 Å². The number of methoxy groups -OCH3 is 3. The number of aliphatic imine (C=N–C) groups is 3. The Balaban J connectivity index is 1.56. The van der Waals surface area contributed by atoms with Crippen LogP contribution in [0.15, 0.2) is 87.8 Å². The van der Waals surface area contributed by atoms with E-state index in [1.807, 2.05) is 91.4 Å². The number of benzene rings is 3. The van der Waals surface area contributed by atoms with E-state index in [0.29, 0.717) is 0 Å². The molecule has 1 aliphatic carbocycles. The summed E-state index contributed by atoms with van der Waals surface area (Å²) in [6.45, 7) is 0. The van der Waals surface area contributed by atoms with Crippen LogP contribution < -0.4 is 14.2 Å². The SMILES string of the molecule is COc1ccccc1C=NC1CC(N=Cc2ccccc2OC)CC(N=Cc2ccccc2OC)C1. The lowest BCUT2D eigenvalue weighted by atomic mass is 9.88. The van der Waals surface area contributed by atoms with Crippen molar-refractivity contribution in [2.24, 2.45) is 15.0 Å². The molecule has 186 valence electrons. The highest BCUT2D eigenvalue weighted by molar-refractivity contribution is 5.85. The lowest BCUT2D eigenvalue weighted by Crippen LogP contribution is -2.30. The molecule has 0 atom stereocenters. The first-order valence-electron chi connectivity index (χ1n) is 12.2. The molecule has 36 heavy (non-hydrogen) atoms. The Bertz CT molecular complexity index is 1060. The Morgan fingerprint density at radius 2 is 0.778 bits per heavy atom. The Morgan fingerprint density at radius 3 is 1.06 bits per heavy atom. The van der Waals surface area contributed by atoms with Gasteiger partial charge in [-0.2, -0.15) is 0 Å². The van der Waals surface area contributed by atoms with Gasteiger partial charge in [-0.3, -0.25) is 15.0 Å². The van der Waals surface area contributed by atoms with Crippen molar-refractivity contribution in [3.63, 3.8) is 0 Å². The topological polar surface area (TPSA) is 64.8 Å². The maximum atomic E-state index is 5.48. The smallest absolute Gasteiger partial charge is 0.127 e. The van der Waals surface area contributed by atoms with Crippen molar-refractivity contribution in [3.05, 3.63) is 89.5 Å². The summed E-state index contributed by atoms with van der Waals surface area (Å²) >= 11 is 0. The van der Waals surface area contributed by atoms with Gasteiger partial charge in [0.05, 0.1) is 39.5 Å². The third-order valence-electron chi connectivity index (χ3n) is 6.32. The minimum Gasteiger partial charge on any atom is -0.496 e. The Morgan fingerprint density at radius 1 is 0.500 bits per heavy atom. The molecule has 4 rings (SSSR count). The average molecular weight is 484 g/mol. The minimum absolute atomic E-state index is 0.100. The second-order valence-electron chi connectivity index (χ2n) is 8.73. The van der Waals surface area contributed by atoms with Crippen LogP contribution in [0.5, 0.6) is 17.2 Å². The van der Waals surface area contributed by atoms with Crippen LogP contribution in [0.4, 0.5) is 0 Å². The molecule has 3 aromatic carbocycles. The van der Waals surface area contributed by atoms with Crippen LogP contribution in [0.25, 0.3) is 0 Å². The van der Waals surface area contributed by atoms with Gasteiger partial charge in [0.25, 0.3) is 0 Å². The summed E-state index contributed by atoms with van der Waals surface area (Å²) in [5.41, 5.74) is 2.90. The molecule has 0 unspecified atom stereocenters. The standard InChI is InChI=1S/C30H33N3O3/c1-34-28-13-7-4-10-22(28)19-31-25-16-26(32-20-23-11-5-8-14-29(23)35-2)18-27(17-25)33-21-24-12-6-9-15-30(24)36-3/h4-15,19-21,25-27H,16-18H2,1-3H3. The first kappa shape index (κ1) is 25.2. The monoisotopic (exact) mass is 483 g/mol. The Hall–Kier alpha value is -3.93. The van der Waals surface area contributed by atoms with Gasteiger partial charge in [-0.05, 0) is 55.7 Å². The fourth-order valence-corrected chi connectivity index (χ4v) is 4.47. The third kappa shape index (κ3) is 6.60. The first-order valence-corrected chi connectivity index (χ1v) is 12.2. The van der Waals surface area contributed by atoms with E-state index in [0.717, 1.165) is 53.2 Å². The maximum Gasteiger partial charge on any atom is 0.127 e. The molecule has 0 bridgehead atoms. The molecule has 0 aromatic heterocycles. The van der Waals surface area contributed by atoms with E-state index in [2.05, 4.69) is 0 Å². The second-order valence-corrected chi connectivity index (χ2v) is 8.73. The van der Waals surface area contributed by atoms with Crippen molar-refractivity contribution in [2.45, 2.75) is 37.4 Å². The number of hydrogen-bond donors (Lipinski definition) is 0. The molecule has 6 heteroatoms. The molecular weight excluding hydrogens is 450 g/mol. The largest absolute Gasteiger partial charge is 0.496 e. The molecule has 3 aromatic rings. The first-order chi connectivity index (χ1) is 17.7. The predicted molar refractivity (Wildman–Crippen MR) is 147 cm³/mol. The zero-order chi connectivity index (χ0) is 25.2. The highest BCUT2D eigenvalue weighted by Gasteiger charge is 2.28. The number of nitrogens with zero attached hydrogens (tertiary/aromatic N) is 3. The zero-order valence-electron chi connectivity index (χ0n) is 21.1. The van der Waals surface area contributed by atoms with Crippen LogP contribution in [0.1, 0.15) is 36.0 Å². The number of rotatable bonds is 9. The fraction of sp³-hybridized carbons (Fsp3) is 0.300. The molecular formula is C30H33N3O3. The molecule has 6 nitrogen and oxygen atoms in total. The third-order valence-corrected chi connectivity index (χ3v) is 6.32. The van der Waals surface area contributed by atoms with Crippen molar-refractivity contribution in [1.29, 1.82) is 0 Å². The van der Waals surface area contributed by atoms with Crippen molar-refractivity contribution in [3.8, 4) is 17.2 Å². The minimum atomic E-state index is 0.100. The van der Waals surface area contributed by atoms with Crippen molar-refractivity contribution >= 4 is 18.6 Å². The molecule has 1 saturated carbocycles. The maximum absolute atomic E-state index is 5.48. The van der Waals surface area contributed by atoms with Gasteiger partial charge in [0, 0.05) is 35.3 Å². The summed E-state index contributed by atoms with van der Waals surface area (Å²) < 4.78 is 16.5. The predicted octanol–water partition coefficient (Wildman–Crippen LogP) is 5.66. The summed E-state index contributed by atoms with van der Waals surface area (Å²) in [6, 6.07) is 24.0. The molecule has 0 radical (unpaired) electrons. The van der Waals surface area contributed by atoms with Crippen LogP contribution >= 0.6 is 0 Å². The highest BCUT2D eigenvalue weighted by atomic mass is 16.5. The summed E-state index contributed by atoms with van der Waals surface area (Å²) in [6.07, 6.45) is 8.32. The zero-order valence-corrected chi connectivity index (χ0v) is 21.1. The van der Waals surface area contributed by atoms with E-state index in [1.54, 1.807) is 21.3 Å². The van der Waals surface area contributed by atoms with Crippen molar-refractivity contribution in [1.82, 2.24) is 0 Å². The van der Waals surface area contributed by atoms with E-state index in [-0.39, 0.29) is 18.1 Å². The fourth-order valence-electron chi connectivity index (χ4n) is 4.47. The second kappa shape index (κ2) is 12.7. The van der Waals surface area contributed by atoms with Crippen molar-refractivity contribution < 1.29 is 14.2 Å². The van der Waals surface area contributed by atoms with Crippen LogP contribution in [-0.2, 0) is 0 Å². The van der Waals surface area contributed by atoms with E-state index < -0.39 is 0 Å². The number of ether oxygens (including phenoxy) is 3. The van der Waals surface area contributed by atoms with Gasteiger partial charge in [0.15, 0.2) is 0 Å². The quantitative estimate of drug-likeness (QED) is 0.369. The van der Waals surface area contributed by atoms with Gasteiger partial charge in [-0.15, -0.1) is 0 Å². The molecule has 0 N–H and O–H groups in total. The number of hydrogen-bond acceptors (Lipinski definition) is 6. The van der Waals surface area contributed by atoms with Crippen LogP contribution in [0.2, 0.25) is 0 Å². The highest BCUT2D eigenvalue weighted by Crippen LogP contribution is 2.28. The molecule has 0 saturated heterocycles. The van der Waals surface area contributed by atoms with Crippen molar-refractivity contribution in [2.75, 3.05) is 21.3 Å². The summed E-state index contributed by atoms with van der Waals surface area (Å²) in [7, 11) is 5.04. The van der Waals surface area contributed by atoms with E-state index in [4.69, 9.17) is 29.2 Å². The molecule has 0 amide bonds. The summed E-state index contributed by atoms with van der Waals surface area (Å²) in [4.78, 5) is 14.8. The molecule has 0 spiro atoms. The molecule has 1 fully saturated rings. The number of para-hydroxylation sites is 3. The lowest BCUT2D eigenvalue weighted by molar-refractivity contribution is 0.357. The van der Waals surface area contributed by atoms with E-state index >= 15 is 0 Å². The molecule has 0 aliphatic heterocycles. The van der Waals surface area contributed by atoms with Crippen LogP contribution in [-0.4, -0.2) is 58.1 Å². The van der Waals surface area contributed by atoms with Gasteiger partial charge in [0.2, 0.25) is 0 Å². The van der Waals surface area contributed by atoms with Gasteiger partial charge in [-0.1, -0.05) is 36.4 Å². The van der Waals surface area contributed by atoms with Crippen LogP contribution in [0.3, 0.4) is 0 Å². The summed E-state index contributed by atoms with van der Waals surface area (Å²) in [5.74, 6) is 2.44. The van der Waals surface area contributed by atoms with Gasteiger partial charge in [-0.25, -0.2) is 0 Å². The van der Waals surface area contributed by atoms with Gasteiger partial charge >= 0.3 is 0 Å². The van der Waals surface area contributed by atoms with Crippen LogP contribution in [0, 0.1) is 0 Å². The molecule has 1 aliphatic rings. The lowest BCUT2D eigenvalue weighted by Gasteiger charge is -2.29. The van der Waals surface area contributed by atoms with Gasteiger partial charge in [0.1, 0.15) is 17.2 Å². The Kier molecular flexibility index (Phi) is 8.87. The van der Waals surface area contributed by atoms with E-state index in [9.17, 15) is 0 Å². The molecule has 0 heterocycles. The summed E-state index contributed by atoms with van der Waals surface area (Å²) in [5, 5.41) is 0.